The highest BCUT2D eigenvalue weighted by atomic mass is 79.9. The molecule has 0 unspecified atom stereocenters. The van der Waals surface area contributed by atoms with E-state index in [-0.39, 0.29) is 18.9 Å². The van der Waals surface area contributed by atoms with Crippen molar-refractivity contribution in [1.82, 2.24) is 5.32 Å². The molecule has 0 atom stereocenters. The van der Waals surface area contributed by atoms with Crippen molar-refractivity contribution >= 4 is 33.5 Å². The van der Waals surface area contributed by atoms with E-state index in [1.54, 1.807) is 0 Å². The van der Waals surface area contributed by atoms with E-state index in [0.29, 0.717) is 13.0 Å². The number of halogens is 1. The van der Waals surface area contributed by atoms with E-state index in [9.17, 15) is 9.59 Å². The first-order valence-corrected chi connectivity index (χ1v) is 6.77. The molecule has 104 valence electrons. The molecule has 1 aromatic rings. The second-order valence-corrected chi connectivity index (χ2v) is 5.06. The molecule has 5 nitrogen and oxygen atoms in total. The van der Waals surface area contributed by atoms with Crippen molar-refractivity contribution in [3.63, 3.8) is 0 Å². The van der Waals surface area contributed by atoms with Crippen LogP contribution >= 0.6 is 15.9 Å². The Balaban J connectivity index is 2.29. The van der Waals surface area contributed by atoms with Gasteiger partial charge in [-0.2, -0.15) is 0 Å². The Kier molecular flexibility index (Phi) is 6.52. The van der Waals surface area contributed by atoms with E-state index in [1.807, 2.05) is 25.1 Å². The van der Waals surface area contributed by atoms with Crippen molar-refractivity contribution in [3.05, 3.63) is 28.2 Å². The molecule has 0 aromatic heterocycles. The molecular formula is C13H17BrN2O3. The highest BCUT2D eigenvalue weighted by Gasteiger charge is 2.05. The number of nitrogens with one attached hydrogen (secondary N) is 2. The van der Waals surface area contributed by atoms with Gasteiger partial charge < -0.3 is 15.7 Å². The third-order valence-electron chi connectivity index (χ3n) is 2.43. The predicted octanol–water partition coefficient (Wildman–Crippen LogP) is 2.15. The first-order valence-electron chi connectivity index (χ1n) is 5.97. The number of hydrogen-bond acceptors (Lipinski definition) is 3. The van der Waals surface area contributed by atoms with Gasteiger partial charge >= 0.3 is 5.97 Å². The van der Waals surface area contributed by atoms with Crippen LogP contribution in [0, 0.1) is 6.92 Å². The molecule has 1 rings (SSSR count). The standard InChI is InChI=1S/C13H17BrN2O3/c1-9-4-5-11(10(14)7-9)16-12(17)8-15-6-2-3-13(18)19/h4-5,7,15H,2-3,6,8H2,1H3,(H,16,17)(H,18,19). The minimum atomic E-state index is -0.824. The molecule has 0 fully saturated rings. The van der Waals surface area contributed by atoms with Gasteiger partial charge in [0, 0.05) is 10.9 Å². The van der Waals surface area contributed by atoms with Gasteiger partial charge in [-0.3, -0.25) is 9.59 Å². The molecule has 0 aliphatic heterocycles. The predicted molar refractivity (Wildman–Crippen MR) is 77.2 cm³/mol. The van der Waals surface area contributed by atoms with Crippen LogP contribution in [0.2, 0.25) is 0 Å². The number of carboxylic acid groups (broad SMARTS) is 1. The van der Waals surface area contributed by atoms with Gasteiger partial charge in [0.25, 0.3) is 0 Å². The van der Waals surface area contributed by atoms with Gasteiger partial charge in [0.2, 0.25) is 5.91 Å². The normalized spacial score (nSPS) is 10.2. The summed E-state index contributed by atoms with van der Waals surface area (Å²) in [4.78, 5) is 21.9. The zero-order valence-corrected chi connectivity index (χ0v) is 12.3. The van der Waals surface area contributed by atoms with Crippen LogP contribution in [-0.4, -0.2) is 30.1 Å². The number of aliphatic carboxylic acids is 1. The largest absolute Gasteiger partial charge is 0.481 e. The van der Waals surface area contributed by atoms with Gasteiger partial charge in [0.05, 0.1) is 12.2 Å². The van der Waals surface area contributed by atoms with Crippen LogP contribution in [0.15, 0.2) is 22.7 Å². The maximum absolute atomic E-state index is 11.6. The van der Waals surface area contributed by atoms with Crippen LogP contribution in [-0.2, 0) is 9.59 Å². The van der Waals surface area contributed by atoms with Crippen LogP contribution in [0.25, 0.3) is 0 Å². The fourth-order valence-electron chi connectivity index (χ4n) is 1.48. The van der Waals surface area contributed by atoms with Crippen molar-refractivity contribution in [2.75, 3.05) is 18.4 Å². The average Bonchev–Trinajstić information content (AvgIpc) is 2.32. The number of hydrogen-bond donors (Lipinski definition) is 3. The number of amides is 1. The molecule has 0 saturated heterocycles. The second-order valence-electron chi connectivity index (χ2n) is 4.21. The molecule has 0 bridgehead atoms. The van der Waals surface area contributed by atoms with Gasteiger partial charge in [-0.1, -0.05) is 6.07 Å². The Hall–Kier alpha value is -1.40. The summed E-state index contributed by atoms with van der Waals surface area (Å²) in [5, 5.41) is 14.1. The minimum absolute atomic E-state index is 0.109. The summed E-state index contributed by atoms with van der Waals surface area (Å²) in [6, 6.07) is 5.68. The summed E-state index contributed by atoms with van der Waals surface area (Å²) in [5.41, 5.74) is 1.83. The van der Waals surface area contributed by atoms with E-state index >= 15 is 0 Å². The van der Waals surface area contributed by atoms with E-state index in [1.165, 1.54) is 0 Å². The minimum Gasteiger partial charge on any atom is -0.481 e. The van der Waals surface area contributed by atoms with Crippen LogP contribution in [0.3, 0.4) is 0 Å². The molecule has 1 aromatic carbocycles. The Morgan fingerprint density at radius 3 is 2.74 bits per heavy atom. The first kappa shape index (κ1) is 15.7. The lowest BCUT2D eigenvalue weighted by Gasteiger charge is -2.08. The molecule has 0 heterocycles. The Bertz CT molecular complexity index is 463. The topological polar surface area (TPSA) is 78.4 Å². The number of carbonyl (C=O) groups excluding carboxylic acids is 1. The summed E-state index contributed by atoms with van der Waals surface area (Å²) >= 11 is 3.38. The fourth-order valence-corrected chi connectivity index (χ4v) is 2.07. The highest BCUT2D eigenvalue weighted by Crippen LogP contribution is 2.23. The van der Waals surface area contributed by atoms with E-state index < -0.39 is 5.97 Å². The zero-order chi connectivity index (χ0) is 14.3. The Morgan fingerprint density at radius 2 is 2.11 bits per heavy atom. The monoisotopic (exact) mass is 328 g/mol. The highest BCUT2D eigenvalue weighted by molar-refractivity contribution is 9.10. The lowest BCUT2D eigenvalue weighted by atomic mass is 10.2. The first-order chi connectivity index (χ1) is 8.99. The Morgan fingerprint density at radius 1 is 1.37 bits per heavy atom. The van der Waals surface area contributed by atoms with Gasteiger partial charge in [0.1, 0.15) is 0 Å². The summed E-state index contributed by atoms with van der Waals surface area (Å²) in [6.45, 7) is 2.65. The molecular weight excluding hydrogens is 312 g/mol. The van der Waals surface area contributed by atoms with Crippen molar-refractivity contribution < 1.29 is 14.7 Å². The van der Waals surface area contributed by atoms with Gasteiger partial charge in [0.15, 0.2) is 0 Å². The van der Waals surface area contributed by atoms with Crippen molar-refractivity contribution in [1.29, 1.82) is 0 Å². The Labute approximate surface area is 120 Å². The molecule has 0 aliphatic carbocycles. The van der Waals surface area contributed by atoms with Crippen LogP contribution < -0.4 is 10.6 Å². The third-order valence-corrected chi connectivity index (χ3v) is 3.08. The van der Waals surface area contributed by atoms with Gasteiger partial charge in [-0.25, -0.2) is 0 Å². The van der Waals surface area contributed by atoms with Gasteiger partial charge in [-0.15, -0.1) is 0 Å². The number of rotatable bonds is 7. The summed E-state index contributed by atoms with van der Waals surface area (Å²) in [7, 11) is 0. The molecule has 1 amide bonds. The van der Waals surface area contributed by atoms with E-state index in [4.69, 9.17) is 5.11 Å². The molecule has 3 N–H and O–H groups in total. The lowest BCUT2D eigenvalue weighted by molar-refractivity contribution is -0.137. The number of carbonyl (C=O) groups is 2. The molecule has 0 spiro atoms. The number of carboxylic acids is 1. The summed E-state index contributed by atoms with van der Waals surface area (Å²) in [6.07, 6.45) is 0.620. The van der Waals surface area contributed by atoms with Gasteiger partial charge in [-0.05, 0) is 53.5 Å². The number of anilines is 1. The second kappa shape index (κ2) is 7.91. The summed E-state index contributed by atoms with van der Waals surface area (Å²) < 4.78 is 0.840. The van der Waals surface area contributed by atoms with Crippen LogP contribution in [0.5, 0.6) is 0 Å². The van der Waals surface area contributed by atoms with E-state index in [0.717, 1.165) is 15.7 Å². The molecule has 0 radical (unpaired) electrons. The average molecular weight is 329 g/mol. The van der Waals surface area contributed by atoms with Crippen LogP contribution in [0.4, 0.5) is 5.69 Å². The maximum atomic E-state index is 11.6. The summed E-state index contributed by atoms with van der Waals surface area (Å²) in [5.74, 6) is -0.977. The van der Waals surface area contributed by atoms with Crippen LogP contribution in [0.1, 0.15) is 18.4 Å². The number of benzene rings is 1. The third kappa shape index (κ3) is 6.35. The smallest absolute Gasteiger partial charge is 0.303 e. The quantitative estimate of drug-likeness (QED) is 0.670. The molecule has 0 saturated carbocycles. The molecule has 0 aliphatic rings. The van der Waals surface area contributed by atoms with Crippen molar-refractivity contribution in [2.24, 2.45) is 0 Å². The zero-order valence-electron chi connectivity index (χ0n) is 10.7. The SMILES string of the molecule is Cc1ccc(NC(=O)CNCCCC(=O)O)c(Br)c1. The number of aryl methyl sites for hydroxylation is 1. The molecule has 6 heteroatoms. The van der Waals surface area contributed by atoms with Crippen molar-refractivity contribution in [2.45, 2.75) is 19.8 Å². The van der Waals surface area contributed by atoms with Crippen molar-refractivity contribution in [3.8, 4) is 0 Å². The molecule has 19 heavy (non-hydrogen) atoms. The lowest BCUT2D eigenvalue weighted by Crippen LogP contribution is -2.29. The maximum Gasteiger partial charge on any atom is 0.303 e. The fraction of sp³-hybridized carbons (Fsp3) is 0.385. The van der Waals surface area contributed by atoms with E-state index in [2.05, 4.69) is 26.6 Å².